The molecule has 4 nitrogen and oxygen atoms in total. The normalized spacial score (nSPS) is 10.9. The van der Waals surface area contributed by atoms with Crippen LogP contribution in [0.1, 0.15) is 26.3 Å². The Morgan fingerprint density at radius 3 is 1.62 bits per heavy atom. The molecule has 1 rings (SSSR count). The molecule has 0 aliphatic heterocycles. The van der Waals surface area contributed by atoms with Gasteiger partial charge in [-0.15, -0.1) is 0 Å². The van der Waals surface area contributed by atoms with Crippen LogP contribution in [-0.2, 0) is 29.5 Å². The Labute approximate surface area is 109 Å². The number of hydrogen-bond donors (Lipinski definition) is 3. The van der Waals surface area contributed by atoms with E-state index in [-0.39, 0.29) is 24.9 Å². The molecule has 1 aromatic rings. The van der Waals surface area contributed by atoms with Crippen LogP contribution in [0, 0.1) is 6.07 Å². The van der Waals surface area contributed by atoms with E-state index >= 15 is 0 Å². The summed E-state index contributed by atoms with van der Waals surface area (Å²) in [6.07, 6.45) is 0. The van der Waals surface area contributed by atoms with Gasteiger partial charge in [0.2, 0.25) is 0 Å². The molecule has 6 heteroatoms. The van der Waals surface area contributed by atoms with Gasteiger partial charge in [-0.25, -0.2) is 4.57 Å². The molecule has 0 aromatic heterocycles. The molecule has 0 radical (unpaired) electrons. The van der Waals surface area contributed by atoms with Crippen molar-refractivity contribution in [2.45, 2.75) is 26.2 Å². The van der Waals surface area contributed by atoms with Gasteiger partial charge in [-0.2, -0.15) is 35.9 Å². The number of benzene rings is 1. The summed E-state index contributed by atoms with van der Waals surface area (Å²) in [5.74, 6) is 0. The molecule has 0 bridgehead atoms. The average molecular weight is 297 g/mol. The largest absolute Gasteiger partial charge is 0.466 e. The maximum atomic E-state index is 8.88. The summed E-state index contributed by atoms with van der Waals surface area (Å²) < 4.78 is 8.88. The van der Waals surface area contributed by atoms with E-state index in [1.807, 2.05) is 12.1 Å². The first kappa shape index (κ1) is 18.3. The quantitative estimate of drug-likeness (QED) is 0.388. The van der Waals surface area contributed by atoms with E-state index in [1.54, 1.807) is 0 Å². The topological polar surface area (TPSA) is 77.8 Å². The van der Waals surface area contributed by atoms with Crippen molar-refractivity contribution in [3.05, 3.63) is 35.9 Å². The molecule has 0 spiro atoms. The number of rotatable bonds is 0. The van der Waals surface area contributed by atoms with E-state index in [0.717, 1.165) is 0 Å². The van der Waals surface area contributed by atoms with Gasteiger partial charge in [-0.1, -0.05) is 20.8 Å². The second-order valence-electron chi connectivity index (χ2n) is 4.05. The van der Waals surface area contributed by atoms with Crippen molar-refractivity contribution in [1.82, 2.24) is 0 Å². The molecule has 0 atom stereocenters. The standard InChI is InChI=1S/C10H13.H3O4P.Zn/c1-10(2,3)9-7-5-4-6-8-9;1-5(2,3)4;/h5-8H,1-3H3;(H3,1,2,3,4);/q-1;;. The predicted octanol–water partition coefficient (Wildman–Crippen LogP) is 1.85. The molecule has 0 fully saturated rings. The van der Waals surface area contributed by atoms with Gasteiger partial charge in [0, 0.05) is 19.5 Å². The van der Waals surface area contributed by atoms with Crippen LogP contribution in [0.25, 0.3) is 0 Å². The van der Waals surface area contributed by atoms with Crippen molar-refractivity contribution in [3.63, 3.8) is 0 Å². The first-order valence-corrected chi connectivity index (χ1v) is 5.92. The van der Waals surface area contributed by atoms with Crippen LogP contribution in [0.5, 0.6) is 0 Å². The van der Waals surface area contributed by atoms with Crippen LogP contribution in [0.2, 0.25) is 0 Å². The van der Waals surface area contributed by atoms with Crippen molar-refractivity contribution in [2.24, 2.45) is 0 Å². The first-order valence-electron chi connectivity index (χ1n) is 4.35. The fourth-order valence-electron chi connectivity index (χ4n) is 0.887. The molecule has 16 heavy (non-hydrogen) atoms. The van der Waals surface area contributed by atoms with Crippen LogP contribution in [0.3, 0.4) is 0 Å². The van der Waals surface area contributed by atoms with Crippen molar-refractivity contribution in [1.29, 1.82) is 0 Å². The summed E-state index contributed by atoms with van der Waals surface area (Å²) >= 11 is 0. The fourth-order valence-corrected chi connectivity index (χ4v) is 0.887. The van der Waals surface area contributed by atoms with Crippen molar-refractivity contribution < 1.29 is 38.7 Å². The molecule has 0 saturated heterocycles. The van der Waals surface area contributed by atoms with Crippen LogP contribution < -0.4 is 0 Å². The summed E-state index contributed by atoms with van der Waals surface area (Å²) in [5, 5.41) is 0. The van der Waals surface area contributed by atoms with Gasteiger partial charge in [-0.05, 0) is 5.41 Å². The fraction of sp³-hybridized carbons (Fsp3) is 0.400. The number of hydrogen-bond acceptors (Lipinski definition) is 1. The van der Waals surface area contributed by atoms with E-state index < -0.39 is 7.82 Å². The third-order valence-corrected chi connectivity index (χ3v) is 1.58. The zero-order chi connectivity index (χ0) is 12.1. The van der Waals surface area contributed by atoms with Gasteiger partial charge >= 0.3 is 7.82 Å². The second kappa shape index (κ2) is 7.31. The Balaban J connectivity index is 0. The van der Waals surface area contributed by atoms with E-state index in [1.165, 1.54) is 5.56 Å². The Morgan fingerprint density at radius 1 is 1.12 bits per heavy atom. The summed E-state index contributed by atoms with van der Waals surface area (Å²) in [7, 11) is -4.64. The minimum atomic E-state index is -4.64. The third-order valence-electron chi connectivity index (χ3n) is 1.58. The molecular weight excluding hydrogens is 280 g/mol. The summed E-state index contributed by atoms with van der Waals surface area (Å²) in [6.45, 7) is 6.63. The zero-order valence-electron chi connectivity index (χ0n) is 9.71. The molecule has 3 N–H and O–H groups in total. The van der Waals surface area contributed by atoms with E-state index in [0.29, 0.717) is 0 Å². The second-order valence-corrected chi connectivity index (χ2v) is 5.08. The Kier molecular flexibility index (Phi) is 8.37. The minimum absolute atomic E-state index is 0. The van der Waals surface area contributed by atoms with Crippen LogP contribution >= 0.6 is 7.82 Å². The Morgan fingerprint density at radius 2 is 1.44 bits per heavy atom. The van der Waals surface area contributed by atoms with Gasteiger partial charge in [0.05, 0.1) is 0 Å². The zero-order valence-corrected chi connectivity index (χ0v) is 13.6. The molecule has 0 heterocycles. The van der Waals surface area contributed by atoms with Crippen LogP contribution in [0.15, 0.2) is 24.3 Å². The third kappa shape index (κ3) is 12.0. The number of phosphoric acid groups is 1. The van der Waals surface area contributed by atoms with Crippen molar-refractivity contribution >= 4 is 7.82 Å². The summed E-state index contributed by atoms with van der Waals surface area (Å²) in [4.78, 5) is 21.6. The Bertz CT molecular complexity index is 320. The first-order chi connectivity index (χ1) is 6.61. The average Bonchev–Trinajstić information content (AvgIpc) is 2.01. The maximum absolute atomic E-state index is 8.88. The van der Waals surface area contributed by atoms with E-state index in [2.05, 4.69) is 39.0 Å². The van der Waals surface area contributed by atoms with E-state index in [9.17, 15) is 0 Å². The molecule has 0 saturated carbocycles. The summed E-state index contributed by atoms with van der Waals surface area (Å²) in [6, 6.07) is 11.1. The smallest absolute Gasteiger partial charge is 0.303 e. The molecule has 88 valence electrons. The SMILES string of the molecule is CC(C)(C)c1cc[c-]cc1.O=P(O)(O)O.[Zn]. The maximum Gasteiger partial charge on any atom is 0.466 e. The van der Waals surface area contributed by atoms with Crippen molar-refractivity contribution in [2.75, 3.05) is 0 Å². The molecule has 0 aliphatic carbocycles. The molecule has 1 aromatic carbocycles. The van der Waals surface area contributed by atoms with Gasteiger partial charge < -0.3 is 14.7 Å². The Hall–Kier alpha value is -0.0466. The minimum Gasteiger partial charge on any atom is -0.303 e. The van der Waals surface area contributed by atoms with Crippen LogP contribution in [0.4, 0.5) is 0 Å². The predicted molar refractivity (Wildman–Crippen MR) is 58.2 cm³/mol. The van der Waals surface area contributed by atoms with Gasteiger partial charge in [-0.3, -0.25) is 0 Å². The van der Waals surface area contributed by atoms with Crippen LogP contribution in [-0.4, -0.2) is 14.7 Å². The van der Waals surface area contributed by atoms with E-state index in [4.69, 9.17) is 19.2 Å². The molecule has 0 unspecified atom stereocenters. The monoisotopic (exact) mass is 295 g/mol. The molecule has 0 amide bonds. The summed E-state index contributed by atoms with van der Waals surface area (Å²) in [5.41, 5.74) is 1.64. The van der Waals surface area contributed by atoms with Gasteiger partial charge in [0.15, 0.2) is 0 Å². The van der Waals surface area contributed by atoms with Gasteiger partial charge in [0.1, 0.15) is 0 Å². The molecular formula is C10H16O4PZn-. The van der Waals surface area contributed by atoms with Crippen molar-refractivity contribution in [3.8, 4) is 0 Å². The van der Waals surface area contributed by atoms with Gasteiger partial charge in [0.25, 0.3) is 0 Å². The molecule has 0 aliphatic rings.